The lowest BCUT2D eigenvalue weighted by molar-refractivity contribution is 0.212. The molecule has 0 fully saturated rings. The third-order valence-corrected chi connectivity index (χ3v) is 1.78. The van der Waals surface area contributed by atoms with Crippen molar-refractivity contribution in [2.75, 3.05) is 6.61 Å². The van der Waals surface area contributed by atoms with Crippen LogP contribution in [0.5, 0.6) is 0 Å². The van der Waals surface area contributed by atoms with Crippen molar-refractivity contribution < 1.29 is 5.11 Å². The number of aliphatic hydroxyl groups excluding tert-OH is 1. The maximum atomic E-state index is 6.57. The van der Waals surface area contributed by atoms with Crippen LogP contribution in [-0.4, -0.2) is 13.1 Å². The van der Waals surface area contributed by atoms with Crippen LogP contribution in [0.2, 0.25) is 0 Å². The Morgan fingerprint density at radius 2 is 2.33 bits per heavy atom. The molecule has 0 aromatic heterocycles. The Bertz CT molecular complexity index is 66.3. The molecule has 0 saturated heterocycles. The zero-order valence-corrected chi connectivity index (χ0v) is 6.52. The summed E-state index contributed by atoms with van der Waals surface area (Å²) in [5, 5.41) is 4.34. The topological polar surface area (TPSA) is 20.2 Å². The van der Waals surface area contributed by atoms with Crippen molar-refractivity contribution in [3.8, 4) is 0 Å². The Morgan fingerprint density at radius 1 is 1.56 bits per heavy atom. The van der Waals surface area contributed by atoms with Gasteiger partial charge in [0.1, 0.15) is 0 Å². The van der Waals surface area contributed by atoms with E-state index in [4.69, 9.17) is 1.43 Å². The summed E-state index contributed by atoms with van der Waals surface area (Å²) in [4.78, 5) is 0. The number of unbranched alkanes of at least 4 members (excludes halogenated alkanes) is 1. The fourth-order valence-corrected chi connectivity index (χ4v) is 0.898. The van der Waals surface area contributed by atoms with Gasteiger partial charge in [0, 0.05) is 6.61 Å². The standard InChI is InChI=1S/C8H18O/c1-3-5-6-8(4-2)7-9/h8-9H,3-7H2,1-2H3/i9D. The Kier molecular flexibility index (Phi) is 4.78. The van der Waals surface area contributed by atoms with Crippen LogP contribution in [0.1, 0.15) is 39.5 Å². The van der Waals surface area contributed by atoms with Crippen LogP contribution in [0.15, 0.2) is 0 Å². The van der Waals surface area contributed by atoms with E-state index in [1.54, 1.807) is 0 Å². The SMILES string of the molecule is [2H]OCC(CC)CCCC. The molecule has 1 nitrogen and oxygen atoms in total. The van der Waals surface area contributed by atoms with Gasteiger partial charge in [0.25, 0.3) is 0 Å². The highest BCUT2D eigenvalue weighted by atomic mass is 16.3. The highest BCUT2D eigenvalue weighted by molar-refractivity contribution is 4.53. The summed E-state index contributed by atoms with van der Waals surface area (Å²) in [7, 11) is 0. The van der Waals surface area contributed by atoms with Crippen molar-refractivity contribution in [3.05, 3.63) is 0 Å². The molecule has 1 N–H and O–H groups in total. The van der Waals surface area contributed by atoms with Gasteiger partial charge in [-0.2, -0.15) is 0 Å². The summed E-state index contributed by atoms with van der Waals surface area (Å²) in [6.45, 7) is 4.95. The van der Waals surface area contributed by atoms with Crippen molar-refractivity contribution in [2.45, 2.75) is 39.5 Å². The predicted molar refractivity (Wildman–Crippen MR) is 40.4 cm³/mol. The van der Waals surface area contributed by atoms with Gasteiger partial charge in [-0.25, -0.2) is 0 Å². The maximum absolute atomic E-state index is 6.57. The zero-order valence-electron chi connectivity index (χ0n) is 7.52. The number of aliphatic hydroxyl groups is 1. The van der Waals surface area contributed by atoms with Crippen LogP contribution in [0, 0.1) is 5.92 Å². The molecule has 0 aliphatic heterocycles. The number of hydrogen-bond acceptors (Lipinski definition) is 1. The van der Waals surface area contributed by atoms with Crippen molar-refractivity contribution in [2.24, 2.45) is 5.92 Å². The fraction of sp³-hybridized carbons (Fsp3) is 1.00. The first kappa shape index (κ1) is 7.07. The van der Waals surface area contributed by atoms with E-state index in [1.807, 2.05) is 0 Å². The first-order chi connectivity index (χ1) is 4.85. The highest BCUT2D eigenvalue weighted by Gasteiger charge is 2.01. The van der Waals surface area contributed by atoms with Gasteiger partial charge < -0.3 is 5.11 Å². The van der Waals surface area contributed by atoms with Crippen LogP contribution in [-0.2, 0) is 0 Å². The van der Waals surface area contributed by atoms with Crippen LogP contribution in [0.25, 0.3) is 0 Å². The molecule has 0 amide bonds. The van der Waals surface area contributed by atoms with Gasteiger partial charge >= 0.3 is 0 Å². The number of rotatable bonds is 6. The van der Waals surface area contributed by atoms with Crippen molar-refractivity contribution >= 4 is 0 Å². The molecule has 1 atom stereocenters. The average Bonchev–Trinajstić information content (AvgIpc) is 1.98. The number of hydrogen-bond donors (Lipinski definition) is 1. The van der Waals surface area contributed by atoms with E-state index < -0.39 is 0 Å². The lowest BCUT2D eigenvalue weighted by atomic mass is 10.0. The normalized spacial score (nSPS) is 15.1. The summed E-state index contributed by atoms with van der Waals surface area (Å²) in [6, 6.07) is 0. The second-order valence-corrected chi connectivity index (χ2v) is 2.58. The van der Waals surface area contributed by atoms with E-state index in [0.717, 1.165) is 6.42 Å². The Hall–Kier alpha value is -0.0400. The molecule has 0 aromatic carbocycles. The molecule has 0 bridgehead atoms. The predicted octanol–water partition coefficient (Wildman–Crippen LogP) is 2.20. The maximum Gasteiger partial charge on any atom is 0.210 e. The van der Waals surface area contributed by atoms with Crippen LogP contribution < -0.4 is 0 Å². The molecule has 0 aromatic rings. The summed E-state index contributed by atoms with van der Waals surface area (Å²) < 4.78 is 6.57. The zero-order chi connectivity index (χ0) is 7.82. The van der Waals surface area contributed by atoms with Crippen LogP contribution >= 0.6 is 0 Å². The van der Waals surface area contributed by atoms with Gasteiger partial charge in [0.2, 0.25) is 1.43 Å². The Balaban J connectivity index is 3.21. The van der Waals surface area contributed by atoms with E-state index in [2.05, 4.69) is 19.0 Å². The van der Waals surface area contributed by atoms with Crippen LogP contribution in [0.3, 0.4) is 0 Å². The van der Waals surface area contributed by atoms with Gasteiger partial charge in [-0.3, -0.25) is 0 Å². The molecule has 56 valence electrons. The monoisotopic (exact) mass is 131 g/mol. The molecule has 9 heavy (non-hydrogen) atoms. The molecule has 0 aliphatic carbocycles. The molecule has 0 rings (SSSR count). The van der Waals surface area contributed by atoms with Crippen LogP contribution in [0.4, 0.5) is 0 Å². The van der Waals surface area contributed by atoms with Gasteiger partial charge in [-0.1, -0.05) is 33.1 Å². The summed E-state index contributed by atoms with van der Waals surface area (Å²) in [5.74, 6) is 0.609. The van der Waals surface area contributed by atoms with Gasteiger partial charge in [-0.15, -0.1) is 0 Å². The minimum absolute atomic E-state index is 0.608. The summed E-state index contributed by atoms with van der Waals surface area (Å²) >= 11 is 0. The molecule has 0 spiro atoms. The Labute approximate surface area is 59.6 Å². The van der Waals surface area contributed by atoms with E-state index >= 15 is 0 Å². The highest BCUT2D eigenvalue weighted by Crippen LogP contribution is 2.10. The van der Waals surface area contributed by atoms with Crippen molar-refractivity contribution in [3.63, 3.8) is 0 Å². The van der Waals surface area contributed by atoms with Crippen molar-refractivity contribution in [1.82, 2.24) is 0 Å². The van der Waals surface area contributed by atoms with Gasteiger partial charge in [0.05, 0.1) is 0 Å². The third-order valence-electron chi connectivity index (χ3n) is 1.78. The van der Waals surface area contributed by atoms with E-state index in [-0.39, 0.29) is 0 Å². The van der Waals surface area contributed by atoms with E-state index in [9.17, 15) is 0 Å². The van der Waals surface area contributed by atoms with Gasteiger partial charge in [0.15, 0.2) is 0 Å². The molecule has 1 unspecified atom stereocenters. The summed E-state index contributed by atoms with van der Waals surface area (Å²) in [6.07, 6.45) is 4.86. The smallest absolute Gasteiger partial charge is 0.210 e. The Morgan fingerprint density at radius 3 is 2.78 bits per heavy atom. The lowest BCUT2D eigenvalue weighted by Crippen LogP contribution is -2.03. The minimum Gasteiger partial charge on any atom is -0.396 e. The average molecular weight is 131 g/mol. The third kappa shape index (κ3) is 4.46. The second-order valence-electron chi connectivity index (χ2n) is 2.58. The molecule has 0 heterocycles. The first-order valence-corrected chi connectivity index (χ1v) is 3.93. The largest absolute Gasteiger partial charge is 0.396 e. The first-order valence-electron chi connectivity index (χ1n) is 4.34. The lowest BCUT2D eigenvalue weighted by Gasteiger charge is -2.08. The second kappa shape index (κ2) is 6.09. The fourth-order valence-electron chi connectivity index (χ4n) is 0.898. The van der Waals surface area contributed by atoms with Crippen molar-refractivity contribution in [1.29, 1.82) is 1.43 Å². The van der Waals surface area contributed by atoms with E-state index in [0.29, 0.717) is 12.5 Å². The molecule has 0 radical (unpaired) electrons. The molecule has 1 heteroatoms. The minimum atomic E-state index is 0.608. The summed E-state index contributed by atoms with van der Waals surface area (Å²) in [5.41, 5.74) is 0. The molecular formula is C8H18O. The molecule has 0 saturated carbocycles. The van der Waals surface area contributed by atoms with E-state index in [1.165, 1.54) is 19.3 Å². The van der Waals surface area contributed by atoms with Gasteiger partial charge in [-0.05, 0) is 12.3 Å². The molecular weight excluding hydrogens is 112 g/mol. The molecule has 0 aliphatic rings. The quantitative estimate of drug-likeness (QED) is 0.586.